The Morgan fingerprint density at radius 2 is 1.89 bits per heavy atom. The van der Waals surface area contributed by atoms with Crippen LogP contribution < -0.4 is 4.74 Å². The zero-order valence-electron chi connectivity index (χ0n) is 10.7. The Morgan fingerprint density at radius 1 is 1.26 bits per heavy atom. The van der Waals surface area contributed by atoms with Crippen LogP contribution in [0, 0.1) is 0 Å². The minimum atomic E-state index is -3.24. The second kappa shape index (κ2) is 7.94. The lowest BCUT2D eigenvalue weighted by molar-refractivity contribution is 0.287. The molecule has 108 valence electrons. The molecule has 0 aliphatic carbocycles. The van der Waals surface area contributed by atoms with Crippen molar-refractivity contribution >= 4 is 33.2 Å². The first kappa shape index (κ1) is 16.6. The van der Waals surface area contributed by atoms with E-state index in [1.807, 2.05) is 0 Å². The Morgan fingerprint density at radius 3 is 2.47 bits per heavy atom. The quantitative estimate of drug-likeness (QED) is 0.690. The van der Waals surface area contributed by atoms with E-state index < -0.39 is 10.0 Å². The molecule has 0 saturated carbocycles. The van der Waals surface area contributed by atoms with Gasteiger partial charge in [0.25, 0.3) is 0 Å². The number of hydrogen-bond acceptors (Lipinski definition) is 3. The van der Waals surface area contributed by atoms with Crippen molar-refractivity contribution in [2.24, 2.45) is 0 Å². The predicted molar refractivity (Wildman–Crippen MR) is 78.7 cm³/mol. The van der Waals surface area contributed by atoms with Crippen molar-refractivity contribution in [3.8, 4) is 5.75 Å². The molecule has 0 spiro atoms. The smallest absolute Gasteiger partial charge is 0.214 e. The second-order valence-corrected chi connectivity index (χ2v) is 6.99. The van der Waals surface area contributed by atoms with Gasteiger partial charge in [0.2, 0.25) is 10.0 Å². The highest BCUT2D eigenvalue weighted by Gasteiger charge is 2.16. The third-order valence-corrected chi connectivity index (χ3v) is 4.96. The summed E-state index contributed by atoms with van der Waals surface area (Å²) in [6, 6.07) is 6.92. The summed E-state index contributed by atoms with van der Waals surface area (Å²) in [6.45, 7) is 0.589. The molecule has 1 aromatic rings. The van der Waals surface area contributed by atoms with Gasteiger partial charge in [-0.25, -0.2) is 12.7 Å². The summed E-state index contributed by atoms with van der Waals surface area (Å²) in [5.74, 6) is 1.07. The van der Waals surface area contributed by atoms with Crippen LogP contribution in [0.3, 0.4) is 0 Å². The molecule has 0 aliphatic rings. The van der Waals surface area contributed by atoms with E-state index in [2.05, 4.69) is 0 Å². The fourth-order valence-corrected chi connectivity index (χ4v) is 2.95. The monoisotopic (exact) mass is 325 g/mol. The maximum atomic E-state index is 11.8. The van der Waals surface area contributed by atoms with E-state index in [0.717, 1.165) is 0 Å². The minimum absolute atomic E-state index is 0.0634. The highest BCUT2D eigenvalue weighted by atomic mass is 35.5. The number of nitrogens with zero attached hydrogens (tertiary/aromatic N) is 1. The Labute approximate surface area is 124 Å². The molecular formula is C12H17Cl2NO3S. The predicted octanol–water partition coefficient (Wildman–Crippen LogP) is 2.61. The van der Waals surface area contributed by atoms with Crippen molar-refractivity contribution in [2.45, 2.75) is 6.42 Å². The van der Waals surface area contributed by atoms with Crippen LogP contribution in [0.25, 0.3) is 0 Å². The second-order valence-electron chi connectivity index (χ2n) is 3.98. The van der Waals surface area contributed by atoms with Crippen molar-refractivity contribution in [3.05, 3.63) is 29.3 Å². The minimum Gasteiger partial charge on any atom is -0.492 e. The Balaban J connectivity index is 2.38. The topological polar surface area (TPSA) is 46.6 Å². The molecular weight excluding hydrogens is 309 g/mol. The summed E-state index contributed by atoms with van der Waals surface area (Å²) in [4.78, 5) is 0. The van der Waals surface area contributed by atoms with Gasteiger partial charge in [-0.3, -0.25) is 0 Å². The van der Waals surface area contributed by atoms with Crippen LogP contribution in [0.4, 0.5) is 0 Å². The number of hydrogen-bond donors (Lipinski definition) is 0. The summed E-state index contributed by atoms with van der Waals surface area (Å²) >= 11 is 11.2. The number of rotatable bonds is 8. The molecule has 0 bridgehead atoms. The van der Waals surface area contributed by atoms with Crippen LogP contribution in [-0.2, 0) is 10.0 Å². The van der Waals surface area contributed by atoms with Gasteiger partial charge in [0.05, 0.1) is 5.75 Å². The molecule has 19 heavy (non-hydrogen) atoms. The van der Waals surface area contributed by atoms with Gasteiger partial charge in [0.1, 0.15) is 12.4 Å². The van der Waals surface area contributed by atoms with Crippen LogP contribution >= 0.6 is 23.2 Å². The van der Waals surface area contributed by atoms with E-state index in [1.165, 1.54) is 11.4 Å². The lowest BCUT2D eigenvalue weighted by Crippen LogP contribution is -2.32. The first-order valence-electron chi connectivity index (χ1n) is 5.84. The molecule has 1 rings (SSSR count). The lowest BCUT2D eigenvalue weighted by Gasteiger charge is -2.17. The van der Waals surface area contributed by atoms with Crippen LogP contribution in [0.5, 0.6) is 5.75 Å². The Kier molecular flexibility index (Phi) is 6.93. The Hall–Kier alpha value is -0.490. The van der Waals surface area contributed by atoms with Crippen LogP contribution in [0.2, 0.25) is 5.02 Å². The lowest BCUT2D eigenvalue weighted by atomic mass is 10.3. The summed E-state index contributed by atoms with van der Waals surface area (Å²) in [5.41, 5.74) is 0. The van der Waals surface area contributed by atoms with Gasteiger partial charge in [0.15, 0.2) is 0 Å². The molecule has 0 amide bonds. The van der Waals surface area contributed by atoms with E-state index in [1.54, 1.807) is 24.3 Å². The van der Waals surface area contributed by atoms with Gasteiger partial charge in [-0.1, -0.05) is 11.6 Å². The summed E-state index contributed by atoms with van der Waals surface area (Å²) in [5, 5.41) is 0.633. The molecule has 0 N–H and O–H groups in total. The van der Waals surface area contributed by atoms with Gasteiger partial charge < -0.3 is 4.74 Å². The molecule has 7 heteroatoms. The summed E-state index contributed by atoms with van der Waals surface area (Å²) in [6.07, 6.45) is 0.451. The highest BCUT2D eigenvalue weighted by molar-refractivity contribution is 7.89. The SMILES string of the molecule is CN(CCOc1ccc(Cl)cc1)S(=O)(=O)CCCCl. The first-order valence-corrected chi connectivity index (χ1v) is 8.36. The number of sulfonamides is 1. The molecule has 0 aromatic heterocycles. The average Bonchev–Trinajstić information content (AvgIpc) is 2.38. The summed E-state index contributed by atoms with van der Waals surface area (Å²) in [7, 11) is -1.70. The van der Waals surface area contributed by atoms with Crippen molar-refractivity contribution in [1.82, 2.24) is 4.31 Å². The molecule has 0 fully saturated rings. The molecule has 0 atom stereocenters. The molecule has 0 saturated heterocycles. The van der Waals surface area contributed by atoms with Gasteiger partial charge in [-0.05, 0) is 30.7 Å². The third kappa shape index (κ3) is 5.99. The maximum Gasteiger partial charge on any atom is 0.214 e. The fourth-order valence-electron chi connectivity index (χ4n) is 1.35. The van der Waals surface area contributed by atoms with Crippen molar-refractivity contribution in [1.29, 1.82) is 0 Å². The maximum absolute atomic E-state index is 11.8. The molecule has 1 aromatic carbocycles. The number of ether oxygens (including phenoxy) is 1. The number of halogens is 2. The normalized spacial score (nSPS) is 11.8. The van der Waals surface area contributed by atoms with Crippen LogP contribution in [-0.4, -0.2) is 44.6 Å². The molecule has 0 heterocycles. The fraction of sp³-hybridized carbons (Fsp3) is 0.500. The van der Waals surface area contributed by atoms with Crippen LogP contribution in [0.1, 0.15) is 6.42 Å². The van der Waals surface area contributed by atoms with E-state index >= 15 is 0 Å². The average molecular weight is 326 g/mol. The molecule has 0 aliphatic heterocycles. The standard InChI is InChI=1S/C12H17Cl2NO3S/c1-15(19(16,17)10-2-7-13)8-9-18-12-5-3-11(14)4-6-12/h3-6H,2,7-10H2,1H3. The molecule has 4 nitrogen and oxygen atoms in total. The molecule has 0 unspecified atom stereocenters. The molecule has 0 radical (unpaired) electrons. The van der Waals surface area contributed by atoms with E-state index in [-0.39, 0.29) is 12.4 Å². The van der Waals surface area contributed by atoms with Crippen molar-refractivity contribution < 1.29 is 13.2 Å². The highest BCUT2D eigenvalue weighted by Crippen LogP contribution is 2.15. The van der Waals surface area contributed by atoms with E-state index in [9.17, 15) is 8.42 Å². The zero-order chi connectivity index (χ0) is 14.3. The van der Waals surface area contributed by atoms with Crippen molar-refractivity contribution in [2.75, 3.05) is 31.8 Å². The summed E-state index contributed by atoms with van der Waals surface area (Å²) < 4.78 is 30.3. The van der Waals surface area contributed by atoms with Gasteiger partial charge in [0, 0.05) is 24.5 Å². The van der Waals surface area contributed by atoms with E-state index in [0.29, 0.717) is 29.6 Å². The number of likely N-dealkylation sites (N-methyl/N-ethyl adjacent to an activating group) is 1. The van der Waals surface area contributed by atoms with E-state index in [4.69, 9.17) is 27.9 Å². The van der Waals surface area contributed by atoms with Gasteiger partial charge in [-0.15, -0.1) is 11.6 Å². The van der Waals surface area contributed by atoms with Gasteiger partial charge in [-0.2, -0.15) is 0 Å². The first-order chi connectivity index (χ1) is 8.95. The Bertz CT molecular complexity index is 476. The number of alkyl halides is 1. The van der Waals surface area contributed by atoms with Crippen LogP contribution in [0.15, 0.2) is 24.3 Å². The van der Waals surface area contributed by atoms with Crippen molar-refractivity contribution in [3.63, 3.8) is 0 Å². The zero-order valence-corrected chi connectivity index (χ0v) is 13.0. The third-order valence-electron chi connectivity index (χ3n) is 2.50. The van der Waals surface area contributed by atoms with Gasteiger partial charge >= 0.3 is 0 Å². The number of benzene rings is 1. The largest absolute Gasteiger partial charge is 0.492 e.